The average Bonchev–Trinajstić information content (AvgIpc) is 2.78. The predicted octanol–water partition coefficient (Wildman–Crippen LogP) is 5.51. The van der Waals surface area contributed by atoms with Crippen LogP contribution >= 0.6 is 23.2 Å². The van der Waals surface area contributed by atoms with Crippen molar-refractivity contribution in [3.05, 3.63) is 33.8 Å². The zero-order valence-corrected chi connectivity index (χ0v) is 12.9. The Morgan fingerprint density at radius 3 is 2.48 bits per heavy atom. The highest BCUT2D eigenvalue weighted by Gasteiger charge is 2.46. The summed E-state index contributed by atoms with van der Waals surface area (Å²) in [5.74, 6) is -4.23. The van der Waals surface area contributed by atoms with Crippen LogP contribution in [-0.2, 0) is 10.7 Å². The van der Waals surface area contributed by atoms with E-state index in [0.29, 0.717) is 12.8 Å². The van der Waals surface area contributed by atoms with Crippen molar-refractivity contribution in [3.8, 4) is 0 Å². The Hall–Kier alpha value is -0.870. The number of alkyl halides is 2. The molecule has 0 radical (unpaired) electrons. The lowest BCUT2D eigenvalue weighted by molar-refractivity contribution is -0.141. The Morgan fingerprint density at radius 2 is 1.90 bits per heavy atom. The summed E-state index contributed by atoms with van der Waals surface area (Å²) in [6, 6.07) is 3.95. The Kier molecular flexibility index (Phi) is 4.79. The van der Waals surface area contributed by atoms with Crippen molar-refractivity contribution in [2.45, 2.75) is 44.4 Å². The van der Waals surface area contributed by atoms with Gasteiger partial charge in [0.05, 0.1) is 6.42 Å². The van der Waals surface area contributed by atoms with Crippen LogP contribution in [0.15, 0.2) is 18.2 Å². The third-order valence-corrected chi connectivity index (χ3v) is 4.67. The van der Waals surface area contributed by atoms with Crippen LogP contribution in [0.3, 0.4) is 0 Å². The number of benzene rings is 1. The highest BCUT2D eigenvalue weighted by molar-refractivity contribution is 6.33. The van der Waals surface area contributed by atoms with E-state index in [1.807, 2.05) is 0 Å². The Morgan fingerprint density at radius 1 is 1.29 bits per heavy atom. The predicted molar refractivity (Wildman–Crippen MR) is 78.1 cm³/mol. The molecule has 0 atom stereocenters. The molecule has 6 heteroatoms. The summed E-state index contributed by atoms with van der Waals surface area (Å²) in [6.45, 7) is 0. The van der Waals surface area contributed by atoms with Gasteiger partial charge in [0.2, 0.25) is 0 Å². The van der Waals surface area contributed by atoms with E-state index in [2.05, 4.69) is 0 Å². The molecule has 1 aliphatic rings. The first-order valence-corrected chi connectivity index (χ1v) is 7.55. The summed E-state index contributed by atoms with van der Waals surface area (Å²) < 4.78 is 29.2. The molecule has 0 amide bonds. The zero-order chi connectivity index (χ0) is 15.7. The second kappa shape index (κ2) is 6.09. The molecule has 1 aromatic rings. The van der Waals surface area contributed by atoms with Crippen molar-refractivity contribution in [1.29, 1.82) is 0 Å². The Bertz CT molecular complexity index is 540. The second-order valence-electron chi connectivity index (χ2n) is 5.78. The van der Waals surface area contributed by atoms with E-state index in [0.717, 1.165) is 18.9 Å². The van der Waals surface area contributed by atoms with Crippen molar-refractivity contribution in [2.75, 3.05) is 0 Å². The smallest absolute Gasteiger partial charge is 0.303 e. The van der Waals surface area contributed by atoms with Gasteiger partial charge in [0.25, 0.3) is 5.92 Å². The molecule has 0 bridgehead atoms. The molecule has 0 heterocycles. The van der Waals surface area contributed by atoms with Crippen LogP contribution in [-0.4, -0.2) is 11.1 Å². The largest absolute Gasteiger partial charge is 0.481 e. The monoisotopic (exact) mass is 336 g/mol. The summed E-state index contributed by atoms with van der Waals surface area (Å²) in [4.78, 5) is 11.0. The normalized spacial score (nSPS) is 17.9. The number of carboxylic acids is 1. The molecule has 2 rings (SSSR count). The van der Waals surface area contributed by atoms with E-state index in [9.17, 15) is 13.6 Å². The maximum absolute atomic E-state index is 14.6. The van der Waals surface area contributed by atoms with Gasteiger partial charge in [0.15, 0.2) is 0 Å². The number of hydrogen-bond acceptors (Lipinski definition) is 1. The zero-order valence-electron chi connectivity index (χ0n) is 11.3. The van der Waals surface area contributed by atoms with Gasteiger partial charge in [-0.1, -0.05) is 36.0 Å². The van der Waals surface area contributed by atoms with Gasteiger partial charge in [-0.05, 0) is 36.5 Å². The number of hydrogen-bond donors (Lipinski definition) is 1. The third kappa shape index (κ3) is 3.86. The van der Waals surface area contributed by atoms with E-state index >= 15 is 0 Å². The molecule has 1 aliphatic carbocycles. The molecular weight excluding hydrogens is 321 g/mol. The lowest BCUT2D eigenvalue weighted by Crippen LogP contribution is -2.29. The van der Waals surface area contributed by atoms with Crippen LogP contribution in [0.2, 0.25) is 10.0 Å². The first-order valence-electron chi connectivity index (χ1n) is 6.79. The van der Waals surface area contributed by atoms with E-state index in [-0.39, 0.29) is 22.0 Å². The fraction of sp³-hybridized carbons (Fsp3) is 0.533. The van der Waals surface area contributed by atoms with Crippen molar-refractivity contribution in [3.63, 3.8) is 0 Å². The second-order valence-corrected chi connectivity index (χ2v) is 6.63. The first-order chi connectivity index (χ1) is 9.74. The molecule has 1 N–H and O–H groups in total. The summed E-state index contributed by atoms with van der Waals surface area (Å²) in [7, 11) is 0. The summed E-state index contributed by atoms with van der Waals surface area (Å²) in [6.07, 6.45) is 1.84. The lowest BCUT2D eigenvalue weighted by Gasteiger charge is -2.32. The van der Waals surface area contributed by atoms with Crippen molar-refractivity contribution >= 4 is 29.2 Å². The number of carbonyl (C=O) groups is 1. The fourth-order valence-electron chi connectivity index (χ4n) is 3.21. The molecule has 1 fully saturated rings. The maximum Gasteiger partial charge on any atom is 0.303 e. The minimum absolute atomic E-state index is 0.0483. The van der Waals surface area contributed by atoms with E-state index < -0.39 is 23.7 Å². The van der Waals surface area contributed by atoms with Crippen LogP contribution < -0.4 is 0 Å². The molecule has 0 aliphatic heterocycles. The molecule has 21 heavy (non-hydrogen) atoms. The third-order valence-electron chi connectivity index (χ3n) is 4.11. The summed E-state index contributed by atoms with van der Waals surface area (Å²) in [5, 5.41) is 9.15. The molecule has 116 valence electrons. The quantitative estimate of drug-likeness (QED) is 0.769. The van der Waals surface area contributed by atoms with Crippen LogP contribution in [0.1, 0.15) is 44.1 Å². The lowest BCUT2D eigenvalue weighted by atomic mass is 9.76. The topological polar surface area (TPSA) is 37.3 Å². The van der Waals surface area contributed by atoms with Crippen LogP contribution in [0.25, 0.3) is 0 Å². The van der Waals surface area contributed by atoms with E-state index in [1.165, 1.54) is 12.1 Å². The number of aliphatic carboxylic acids is 1. The first kappa shape index (κ1) is 16.5. The standard InChI is InChI=1S/C15H16Cl2F2O2/c16-10-3-4-12(17)11(7-10)15(18,19)9-14(8-13(20)21)5-1-2-6-14/h3-4,7H,1-2,5-6,8-9H2,(H,20,21). The van der Waals surface area contributed by atoms with Crippen LogP contribution in [0.4, 0.5) is 8.78 Å². The SMILES string of the molecule is O=C(O)CC1(CC(F)(F)c2cc(Cl)ccc2Cl)CCCC1. The molecule has 2 nitrogen and oxygen atoms in total. The average molecular weight is 337 g/mol. The van der Waals surface area contributed by atoms with Gasteiger partial charge in [0.1, 0.15) is 0 Å². The molecule has 0 saturated heterocycles. The van der Waals surface area contributed by atoms with Gasteiger partial charge in [-0.2, -0.15) is 0 Å². The molecule has 0 aromatic heterocycles. The molecular formula is C15H16Cl2F2O2. The molecule has 1 aromatic carbocycles. The minimum atomic E-state index is -3.19. The Labute approximate surface area is 132 Å². The number of carboxylic acid groups (broad SMARTS) is 1. The van der Waals surface area contributed by atoms with Crippen molar-refractivity contribution in [2.24, 2.45) is 5.41 Å². The molecule has 0 spiro atoms. The highest BCUT2D eigenvalue weighted by Crippen LogP contribution is 2.52. The van der Waals surface area contributed by atoms with Gasteiger partial charge < -0.3 is 5.11 Å². The van der Waals surface area contributed by atoms with Gasteiger partial charge >= 0.3 is 5.97 Å². The van der Waals surface area contributed by atoms with Crippen molar-refractivity contribution in [1.82, 2.24) is 0 Å². The van der Waals surface area contributed by atoms with Gasteiger partial charge in [-0.25, -0.2) is 8.78 Å². The molecule has 1 saturated carbocycles. The maximum atomic E-state index is 14.6. The molecule has 0 unspecified atom stereocenters. The van der Waals surface area contributed by atoms with Gasteiger partial charge in [-0.15, -0.1) is 0 Å². The Balaban J connectivity index is 2.30. The van der Waals surface area contributed by atoms with E-state index in [4.69, 9.17) is 28.3 Å². The van der Waals surface area contributed by atoms with Crippen LogP contribution in [0, 0.1) is 5.41 Å². The summed E-state index contributed by atoms with van der Waals surface area (Å²) >= 11 is 11.6. The fourth-order valence-corrected chi connectivity index (χ4v) is 3.63. The van der Waals surface area contributed by atoms with Gasteiger partial charge in [0, 0.05) is 22.0 Å². The summed E-state index contributed by atoms with van der Waals surface area (Å²) in [5.41, 5.74) is -1.19. The minimum Gasteiger partial charge on any atom is -0.481 e. The van der Waals surface area contributed by atoms with E-state index in [1.54, 1.807) is 0 Å². The number of halogens is 4. The number of rotatable bonds is 5. The highest BCUT2D eigenvalue weighted by atomic mass is 35.5. The van der Waals surface area contributed by atoms with Crippen molar-refractivity contribution < 1.29 is 18.7 Å². The van der Waals surface area contributed by atoms with Crippen LogP contribution in [0.5, 0.6) is 0 Å². The van der Waals surface area contributed by atoms with Gasteiger partial charge in [-0.3, -0.25) is 4.79 Å².